The van der Waals surface area contributed by atoms with E-state index in [-0.39, 0.29) is 21.7 Å². The minimum atomic E-state index is -3.83. The van der Waals surface area contributed by atoms with Gasteiger partial charge in [0, 0.05) is 17.8 Å². The van der Waals surface area contributed by atoms with Gasteiger partial charge < -0.3 is 9.84 Å². The van der Waals surface area contributed by atoms with E-state index in [0.717, 1.165) is 18.9 Å². The molecule has 1 aromatic carbocycles. The maximum absolute atomic E-state index is 13.0. The number of methoxy groups -OCH3 is 1. The van der Waals surface area contributed by atoms with E-state index in [1.807, 2.05) is 0 Å². The molecule has 2 heterocycles. The fourth-order valence-corrected chi connectivity index (χ4v) is 3.46. The zero-order chi connectivity index (χ0) is 19.8. The molecule has 3 rings (SSSR count). The molecule has 0 unspecified atom stereocenters. The molecule has 0 fully saturated rings. The van der Waals surface area contributed by atoms with Crippen LogP contribution in [0.1, 0.15) is 21.6 Å². The Morgan fingerprint density at radius 2 is 1.89 bits per heavy atom. The van der Waals surface area contributed by atoms with Crippen molar-refractivity contribution in [2.24, 2.45) is 0 Å². The van der Waals surface area contributed by atoms with E-state index >= 15 is 0 Å². The van der Waals surface area contributed by atoms with Crippen molar-refractivity contribution in [2.45, 2.75) is 11.4 Å². The normalized spacial score (nSPS) is 11.5. The SMILES string of the molecule is COC(=O)c1nc(S(C)(=O)=O)c2cc(Cc3ccc(F)cc3)cnc2c1O. The minimum absolute atomic E-state index is 0.0753. The molecule has 0 radical (unpaired) electrons. The summed E-state index contributed by atoms with van der Waals surface area (Å²) in [4.78, 5) is 19.7. The molecule has 0 bridgehead atoms. The molecule has 0 aliphatic carbocycles. The van der Waals surface area contributed by atoms with Gasteiger partial charge in [0.25, 0.3) is 0 Å². The van der Waals surface area contributed by atoms with Gasteiger partial charge in [-0.25, -0.2) is 22.6 Å². The molecule has 1 N–H and O–H groups in total. The van der Waals surface area contributed by atoms with Crippen molar-refractivity contribution in [3.63, 3.8) is 0 Å². The minimum Gasteiger partial charge on any atom is -0.504 e. The molecule has 27 heavy (non-hydrogen) atoms. The highest BCUT2D eigenvalue weighted by Gasteiger charge is 2.25. The van der Waals surface area contributed by atoms with Gasteiger partial charge in [-0.2, -0.15) is 0 Å². The Kier molecular flexibility index (Phi) is 4.79. The van der Waals surface area contributed by atoms with E-state index < -0.39 is 27.2 Å². The molecule has 0 aliphatic heterocycles. The number of halogens is 1. The van der Waals surface area contributed by atoms with Crippen LogP contribution in [0.5, 0.6) is 5.75 Å². The molecular formula is C18H15FN2O5S. The fourth-order valence-electron chi connectivity index (χ4n) is 2.64. The van der Waals surface area contributed by atoms with Gasteiger partial charge in [-0.15, -0.1) is 0 Å². The maximum Gasteiger partial charge on any atom is 0.360 e. The number of sulfone groups is 1. The van der Waals surface area contributed by atoms with Gasteiger partial charge in [0.15, 0.2) is 26.3 Å². The number of aromatic nitrogens is 2. The van der Waals surface area contributed by atoms with Crippen molar-refractivity contribution in [3.05, 3.63) is 59.2 Å². The number of fused-ring (bicyclic) bond motifs is 1. The summed E-state index contributed by atoms with van der Waals surface area (Å²) in [6.45, 7) is 0. The summed E-state index contributed by atoms with van der Waals surface area (Å²) in [6.07, 6.45) is 2.75. The lowest BCUT2D eigenvalue weighted by Gasteiger charge is -2.11. The van der Waals surface area contributed by atoms with E-state index in [9.17, 15) is 22.7 Å². The van der Waals surface area contributed by atoms with E-state index in [1.54, 1.807) is 12.1 Å². The Hall–Kier alpha value is -3.07. The third-order valence-electron chi connectivity index (χ3n) is 3.89. The van der Waals surface area contributed by atoms with Crippen LogP contribution >= 0.6 is 0 Å². The number of carbonyl (C=O) groups excluding carboxylic acids is 1. The number of esters is 1. The first-order valence-electron chi connectivity index (χ1n) is 7.75. The highest BCUT2D eigenvalue weighted by Crippen LogP contribution is 2.31. The summed E-state index contributed by atoms with van der Waals surface area (Å²) in [5, 5.41) is 9.99. The summed E-state index contributed by atoms with van der Waals surface area (Å²) in [6, 6.07) is 7.37. The molecule has 0 saturated heterocycles. The number of hydrogen-bond donors (Lipinski definition) is 1. The molecule has 3 aromatic rings. The largest absolute Gasteiger partial charge is 0.504 e. The second-order valence-electron chi connectivity index (χ2n) is 5.92. The van der Waals surface area contributed by atoms with Crippen molar-refractivity contribution in [3.8, 4) is 5.75 Å². The fraction of sp³-hybridized carbons (Fsp3) is 0.167. The molecule has 0 atom stereocenters. The number of pyridine rings is 2. The summed E-state index contributed by atoms with van der Waals surface area (Å²) in [5.74, 6) is -1.90. The van der Waals surface area contributed by atoms with Crippen LogP contribution < -0.4 is 0 Å². The molecule has 0 saturated carbocycles. The van der Waals surface area contributed by atoms with E-state index in [2.05, 4.69) is 14.7 Å². The highest BCUT2D eigenvalue weighted by molar-refractivity contribution is 7.90. The molecule has 0 amide bonds. The predicted octanol–water partition coefficient (Wildman–Crippen LogP) is 2.26. The van der Waals surface area contributed by atoms with E-state index in [4.69, 9.17) is 0 Å². The first kappa shape index (κ1) is 18.7. The first-order chi connectivity index (χ1) is 12.7. The summed E-state index contributed by atoms with van der Waals surface area (Å²) >= 11 is 0. The zero-order valence-corrected chi connectivity index (χ0v) is 15.2. The number of rotatable bonds is 4. The molecule has 0 spiro atoms. The Labute approximate surface area is 154 Å². The van der Waals surface area contributed by atoms with E-state index in [0.29, 0.717) is 12.0 Å². The van der Waals surface area contributed by atoms with Gasteiger partial charge >= 0.3 is 5.97 Å². The Bertz CT molecular complexity index is 1140. The second-order valence-corrected chi connectivity index (χ2v) is 7.85. The molecular weight excluding hydrogens is 375 g/mol. The van der Waals surface area contributed by atoms with Gasteiger partial charge in [-0.3, -0.25) is 4.98 Å². The lowest BCUT2D eigenvalue weighted by Crippen LogP contribution is -2.11. The van der Waals surface area contributed by atoms with Crippen LogP contribution in [0.15, 0.2) is 41.6 Å². The number of carbonyl (C=O) groups is 1. The third-order valence-corrected chi connectivity index (χ3v) is 4.90. The van der Waals surface area contributed by atoms with Crippen molar-refractivity contribution < 1.29 is 27.4 Å². The monoisotopic (exact) mass is 390 g/mol. The molecule has 140 valence electrons. The van der Waals surface area contributed by atoms with Crippen molar-refractivity contribution in [2.75, 3.05) is 13.4 Å². The first-order valence-corrected chi connectivity index (χ1v) is 9.64. The van der Waals surface area contributed by atoms with E-state index in [1.165, 1.54) is 24.4 Å². The van der Waals surface area contributed by atoms with Crippen molar-refractivity contribution in [1.29, 1.82) is 0 Å². The lowest BCUT2D eigenvalue weighted by molar-refractivity contribution is 0.0590. The topological polar surface area (TPSA) is 106 Å². The number of hydrogen-bond acceptors (Lipinski definition) is 7. The van der Waals surface area contributed by atoms with Gasteiger partial charge in [-0.05, 0) is 35.7 Å². The average molecular weight is 390 g/mol. The Morgan fingerprint density at radius 1 is 1.22 bits per heavy atom. The Morgan fingerprint density at radius 3 is 2.48 bits per heavy atom. The van der Waals surface area contributed by atoms with Crippen LogP contribution in [0.25, 0.3) is 10.9 Å². The standard InChI is InChI=1S/C18H15FN2O5S/c1-26-18(23)15-16(22)14-13(17(21-15)27(2,24)25)8-11(9-20-14)7-10-3-5-12(19)6-4-10/h3-6,8-9,22H,7H2,1-2H3. The van der Waals surface area contributed by atoms with Crippen LogP contribution in [-0.4, -0.2) is 42.8 Å². The van der Waals surface area contributed by atoms with Gasteiger partial charge in [-0.1, -0.05) is 12.1 Å². The van der Waals surface area contributed by atoms with Gasteiger partial charge in [0.2, 0.25) is 0 Å². The van der Waals surface area contributed by atoms with Crippen LogP contribution in [0, 0.1) is 5.82 Å². The van der Waals surface area contributed by atoms with Crippen LogP contribution in [0.2, 0.25) is 0 Å². The van der Waals surface area contributed by atoms with Gasteiger partial charge in [0.05, 0.1) is 7.11 Å². The van der Waals surface area contributed by atoms with Crippen LogP contribution in [0.4, 0.5) is 4.39 Å². The number of ether oxygens (including phenoxy) is 1. The molecule has 7 nitrogen and oxygen atoms in total. The smallest absolute Gasteiger partial charge is 0.360 e. The Balaban J connectivity index is 2.20. The second kappa shape index (κ2) is 6.92. The van der Waals surface area contributed by atoms with Crippen molar-refractivity contribution in [1.82, 2.24) is 9.97 Å². The summed E-state index contributed by atoms with van der Waals surface area (Å²) in [7, 11) is -2.73. The quantitative estimate of drug-likeness (QED) is 0.681. The van der Waals surface area contributed by atoms with Gasteiger partial charge in [0.1, 0.15) is 11.3 Å². The molecule has 2 aromatic heterocycles. The van der Waals surface area contributed by atoms with Crippen LogP contribution in [-0.2, 0) is 21.0 Å². The van der Waals surface area contributed by atoms with Crippen molar-refractivity contribution >= 4 is 26.7 Å². The third kappa shape index (κ3) is 3.72. The number of nitrogens with zero attached hydrogens (tertiary/aromatic N) is 2. The predicted molar refractivity (Wildman–Crippen MR) is 94.9 cm³/mol. The molecule has 0 aliphatic rings. The zero-order valence-electron chi connectivity index (χ0n) is 14.4. The number of benzene rings is 1. The maximum atomic E-state index is 13.0. The van der Waals surface area contributed by atoms with Crippen LogP contribution in [0.3, 0.4) is 0 Å². The highest BCUT2D eigenvalue weighted by atomic mass is 32.2. The summed E-state index contributed by atoms with van der Waals surface area (Å²) in [5.41, 5.74) is 0.825. The average Bonchev–Trinajstić information content (AvgIpc) is 2.62. The number of aromatic hydroxyl groups is 1. The summed E-state index contributed by atoms with van der Waals surface area (Å²) < 4.78 is 41.9. The lowest BCUT2D eigenvalue weighted by atomic mass is 10.0. The molecule has 9 heteroatoms.